The maximum atomic E-state index is 6.19. The summed E-state index contributed by atoms with van der Waals surface area (Å²) in [4.78, 5) is 19.9. The van der Waals surface area contributed by atoms with Crippen molar-refractivity contribution in [3.05, 3.63) is 127 Å². The molecule has 0 N–H and O–H groups in total. The number of hydrogen-bond donors (Lipinski definition) is 0. The van der Waals surface area contributed by atoms with Crippen molar-refractivity contribution in [2.45, 2.75) is 0 Å². The van der Waals surface area contributed by atoms with Crippen LogP contribution in [0, 0.1) is 0 Å². The van der Waals surface area contributed by atoms with Gasteiger partial charge in [-0.1, -0.05) is 91.0 Å². The van der Waals surface area contributed by atoms with Crippen molar-refractivity contribution >= 4 is 74.2 Å². The molecule has 8 heteroatoms. The number of rotatable bonds is 5. The SMILES string of the molecule is S=C=Nc1nc2c(nc1N=C=S)-c1ccc(-c3ccc(-c4ccc(N5c6ccccc6Oc6ccccc65)cc4)cc3)c3cccc-2c13. The molecule has 2 aliphatic rings. The molecule has 0 radical (unpaired) electrons. The third kappa shape index (κ3) is 4.41. The van der Waals surface area contributed by atoms with Gasteiger partial charge < -0.3 is 9.64 Å². The topological polar surface area (TPSA) is 63.0 Å². The molecule has 224 valence electrons. The lowest BCUT2D eigenvalue weighted by Gasteiger charge is -2.32. The van der Waals surface area contributed by atoms with Crippen molar-refractivity contribution in [2.24, 2.45) is 9.98 Å². The van der Waals surface area contributed by atoms with Gasteiger partial charge in [-0.3, -0.25) is 0 Å². The highest BCUT2D eigenvalue weighted by atomic mass is 32.1. The molecule has 7 aromatic rings. The Labute approximate surface area is 286 Å². The second kappa shape index (κ2) is 11.3. The Morgan fingerprint density at radius 1 is 0.521 bits per heavy atom. The summed E-state index contributed by atoms with van der Waals surface area (Å²) in [5.41, 5.74) is 11.1. The third-order valence-corrected chi connectivity index (χ3v) is 8.98. The molecule has 48 heavy (non-hydrogen) atoms. The Morgan fingerprint density at radius 2 is 1.04 bits per heavy atom. The van der Waals surface area contributed by atoms with E-state index in [1.807, 2.05) is 42.5 Å². The van der Waals surface area contributed by atoms with Gasteiger partial charge in [0.05, 0.1) is 33.1 Å². The first-order valence-electron chi connectivity index (χ1n) is 15.2. The van der Waals surface area contributed by atoms with Crippen molar-refractivity contribution < 1.29 is 4.74 Å². The molecule has 0 saturated heterocycles. The number of benzene rings is 6. The molecular formula is C40H21N5OS2. The van der Waals surface area contributed by atoms with Crippen LogP contribution in [0.2, 0.25) is 0 Å². The highest BCUT2D eigenvalue weighted by Gasteiger charge is 2.28. The normalized spacial score (nSPS) is 11.9. The zero-order chi connectivity index (χ0) is 32.2. The fraction of sp³-hybridized carbons (Fsp3) is 0. The zero-order valence-corrected chi connectivity index (χ0v) is 26.7. The van der Waals surface area contributed by atoms with Gasteiger partial charge in [0.1, 0.15) is 0 Å². The van der Waals surface area contributed by atoms with Crippen LogP contribution in [0.25, 0.3) is 55.5 Å². The van der Waals surface area contributed by atoms with Gasteiger partial charge in [0, 0.05) is 22.2 Å². The summed E-state index contributed by atoms with van der Waals surface area (Å²) in [5.74, 6) is 2.22. The third-order valence-electron chi connectivity index (χ3n) is 8.80. The average Bonchev–Trinajstić information content (AvgIpc) is 3.45. The summed E-state index contributed by atoms with van der Waals surface area (Å²) in [6, 6.07) is 44.1. The second-order valence-corrected chi connectivity index (χ2v) is 11.7. The van der Waals surface area contributed by atoms with Crippen LogP contribution in [-0.4, -0.2) is 20.3 Å². The molecule has 1 aliphatic carbocycles. The van der Waals surface area contributed by atoms with Crippen LogP contribution in [0.15, 0.2) is 137 Å². The van der Waals surface area contributed by atoms with Gasteiger partial charge in [0.2, 0.25) is 11.6 Å². The summed E-state index contributed by atoms with van der Waals surface area (Å²) < 4.78 is 6.19. The Kier molecular flexibility index (Phi) is 6.61. The summed E-state index contributed by atoms with van der Waals surface area (Å²) in [7, 11) is 0. The van der Waals surface area contributed by atoms with Crippen LogP contribution in [0.3, 0.4) is 0 Å². The number of hydrogen-bond acceptors (Lipinski definition) is 8. The quantitative estimate of drug-likeness (QED) is 0.136. The van der Waals surface area contributed by atoms with E-state index in [2.05, 4.69) is 110 Å². The maximum absolute atomic E-state index is 6.19. The van der Waals surface area contributed by atoms with E-state index in [4.69, 9.17) is 39.1 Å². The van der Waals surface area contributed by atoms with Crippen molar-refractivity contribution in [3.8, 4) is 56.3 Å². The van der Waals surface area contributed by atoms with Gasteiger partial charge in [-0.05, 0) is 88.5 Å². The highest BCUT2D eigenvalue weighted by molar-refractivity contribution is 7.78. The Balaban J connectivity index is 1.06. The van der Waals surface area contributed by atoms with E-state index in [1.54, 1.807) is 0 Å². The average molecular weight is 652 g/mol. The molecule has 6 aromatic carbocycles. The van der Waals surface area contributed by atoms with E-state index in [9.17, 15) is 0 Å². The molecular weight excluding hydrogens is 631 g/mol. The predicted molar refractivity (Wildman–Crippen MR) is 199 cm³/mol. The van der Waals surface area contributed by atoms with E-state index < -0.39 is 0 Å². The molecule has 0 saturated carbocycles. The smallest absolute Gasteiger partial charge is 0.209 e. The predicted octanol–water partition coefficient (Wildman–Crippen LogP) is 11.7. The van der Waals surface area contributed by atoms with Crippen molar-refractivity contribution in [1.29, 1.82) is 0 Å². The lowest BCUT2D eigenvalue weighted by atomic mass is 9.93. The molecule has 1 aliphatic heterocycles. The van der Waals surface area contributed by atoms with Crippen LogP contribution in [0.4, 0.5) is 28.7 Å². The highest BCUT2D eigenvalue weighted by Crippen LogP contribution is 2.51. The minimum atomic E-state index is 0.273. The summed E-state index contributed by atoms with van der Waals surface area (Å²) in [6.07, 6.45) is 0. The minimum Gasteiger partial charge on any atom is -0.453 e. The van der Waals surface area contributed by atoms with Crippen molar-refractivity contribution in [2.75, 3.05) is 4.90 Å². The van der Waals surface area contributed by atoms with E-state index in [0.29, 0.717) is 0 Å². The molecule has 1 aromatic heterocycles. The van der Waals surface area contributed by atoms with Gasteiger partial charge in [-0.25, -0.2) is 9.97 Å². The molecule has 9 rings (SSSR count). The standard InChI is InChI=1S/C40H21N5OS2/c47-22-41-39-40(42-23-48)44-38-31-21-20-28(29-6-5-7-30(36(29)31)37(38)43-39)26-14-12-24(13-15-26)25-16-18-27(19-17-25)45-32-8-1-3-10-34(32)46-35-11-4-2-9-33(35)45/h1-21H. The molecule has 0 spiro atoms. The summed E-state index contributed by atoms with van der Waals surface area (Å²) in [6.45, 7) is 0. The largest absolute Gasteiger partial charge is 0.453 e. The van der Waals surface area contributed by atoms with E-state index in [-0.39, 0.29) is 11.6 Å². The second-order valence-electron chi connectivity index (χ2n) is 11.4. The lowest BCUT2D eigenvalue weighted by molar-refractivity contribution is 0.477. The Bertz CT molecular complexity index is 2460. The lowest BCUT2D eigenvalue weighted by Crippen LogP contribution is -2.15. The molecule has 2 heterocycles. The van der Waals surface area contributed by atoms with Crippen LogP contribution in [0.5, 0.6) is 11.5 Å². The Morgan fingerprint density at radius 3 is 1.65 bits per heavy atom. The maximum Gasteiger partial charge on any atom is 0.209 e. The number of aliphatic imine (C=N–C) groups is 2. The van der Waals surface area contributed by atoms with E-state index >= 15 is 0 Å². The number of aromatic nitrogens is 2. The first kappa shape index (κ1) is 28.1. The first-order valence-corrected chi connectivity index (χ1v) is 16.0. The molecule has 0 bridgehead atoms. The number of fused-ring (bicyclic) bond motifs is 5. The van der Waals surface area contributed by atoms with Gasteiger partial charge in [-0.2, -0.15) is 9.98 Å². The number of para-hydroxylation sites is 4. The number of nitrogens with zero attached hydrogens (tertiary/aromatic N) is 5. The molecule has 0 atom stereocenters. The fourth-order valence-electron chi connectivity index (χ4n) is 6.71. The van der Waals surface area contributed by atoms with Crippen molar-refractivity contribution in [1.82, 2.24) is 9.97 Å². The summed E-state index contributed by atoms with van der Waals surface area (Å²) >= 11 is 9.66. The van der Waals surface area contributed by atoms with Crippen LogP contribution >= 0.6 is 24.4 Å². The van der Waals surface area contributed by atoms with Gasteiger partial charge >= 0.3 is 0 Å². The number of isothiocyanates is 2. The zero-order valence-electron chi connectivity index (χ0n) is 25.1. The molecule has 0 amide bonds. The number of thiocarbonyl (C=S) groups is 2. The van der Waals surface area contributed by atoms with Crippen LogP contribution in [0.1, 0.15) is 0 Å². The molecule has 6 nitrogen and oxygen atoms in total. The minimum absolute atomic E-state index is 0.273. The number of anilines is 3. The fourth-order valence-corrected chi connectivity index (χ4v) is 6.88. The Hall–Kier alpha value is -6.14. The van der Waals surface area contributed by atoms with E-state index in [1.165, 1.54) is 0 Å². The van der Waals surface area contributed by atoms with E-state index in [0.717, 1.165) is 84.1 Å². The van der Waals surface area contributed by atoms with Crippen molar-refractivity contribution in [3.63, 3.8) is 0 Å². The monoisotopic (exact) mass is 651 g/mol. The van der Waals surface area contributed by atoms with Crippen LogP contribution < -0.4 is 9.64 Å². The molecule has 0 fully saturated rings. The summed E-state index contributed by atoms with van der Waals surface area (Å²) in [5, 5.41) is 6.95. The van der Waals surface area contributed by atoms with Crippen LogP contribution in [-0.2, 0) is 0 Å². The van der Waals surface area contributed by atoms with Gasteiger partial charge in [0.15, 0.2) is 11.5 Å². The first-order chi connectivity index (χ1) is 23.7. The van der Waals surface area contributed by atoms with Gasteiger partial charge in [-0.15, -0.1) is 0 Å². The molecule has 0 unspecified atom stereocenters. The number of ether oxygens (including phenoxy) is 1. The van der Waals surface area contributed by atoms with Gasteiger partial charge in [0.25, 0.3) is 0 Å².